The van der Waals surface area contributed by atoms with Crippen molar-refractivity contribution in [2.75, 3.05) is 11.9 Å². The predicted octanol–water partition coefficient (Wildman–Crippen LogP) is 3.85. The van der Waals surface area contributed by atoms with Crippen LogP contribution in [0, 0.1) is 5.92 Å². The Morgan fingerprint density at radius 2 is 2.24 bits per heavy atom. The topological polar surface area (TPSA) is 37.8 Å². The molecule has 90 valence electrons. The second-order valence-corrected chi connectivity index (χ2v) is 5.12. The lowest BCUT2D eigenvalue weighted by molar-refractivity contribution is 0.591. The van der Waals surface area contributed by atoms with Gasteiger partial charge in [-0.2, -0.15) is 0 Å². The average Bonchev–Trinajstić information content (AvgIpc) is 2.36. The third-order valence-electron chi connectivity index (χ3n) is 2.87. The molecule has 2 aromatic rings. The maximum Gasteiger partial charge on any atom is 0.223 e. The van der Waals surface area contributed by atoms with E-state index in [0.29, 0.717) is 11.9 Å². The van der Waals surface area contributed by atoms with E-state index in [-0.39, 0.29) is 0 Å². The zero-order valence-electron chi connectivity index (χ0n) is 10.1. The van der Waals surface area contributed by atoms with Crippen molar-refractivity contribution in [1.82, 2.24) is 9.97 Å². The highest BCUT2D eigenvalue weighted by Crippen LogP contribution is 2.22. The molecule has 4 heteroatoms. The summed E-state index contributed by atoms with van der Waals surface area (Å²) in [5.41, 5.74) is 0.953. The first-order valence-corrected chi connectivity index (χ1v) is 6.65. The minimum atomic E-state index is 0.633. The molecule has 1 aromatic carbocycles. The molecule has 0 aliphatic heterocycles. The summed E-state index contributed by atoms with van der Waals surface area (Å²) in [6, 6.07) is 5.99. The number of halogens is 1. The summed E-state index contributed by atoms with van der Waals surface area (Å²) in [6.45, 7) is 5.31. The fourth-order valence-electron chi connectivity index (χ4n) is 1.51. The van der Waals surface area contributed by atoms with E-state index in [9.17, 15) is 0 Å². The highest BCUT2D eigenvalue weighted by atomic mass is 79.9. The molecule has 1 atom stereocenters. The molecule has 1 aromatic heterocycles. The first-order chi connectivity index (χ1) is 8.20. The van der Waals surface area contributed by atoms with E-state index in [2.05, 4.69) is 45.1 Å². The summed E-state index contributed by atoms with van der Waals surface area (Å²) in [4.78, 5) is 8.82. The van der Waals surface area contributed by atoms with E-state index in [1.165, 1.54) is 0 Å². The third kappa shape index (κ3) is 2.94. The van der Waals surface area contributed by atoms with Gasteiger partial charge in [-0.15, -0.1) is 0 Å². The van der Waals surface area contributed by atoms with E-state index in [4.69, 9.17) is 0 Å². The smallest absolute Gasteiger partial charge is 0.223 e. The number of hydrogen-bond donors (Lipinski definition) is 1. The van der Waals surface area contributed by atoms with Crippen LogP contribution >= 0.6 is 15.9 Å². The number of nitrogens with one attached hydrogen (secondary N) is 1. The van der Waals surface area contributed by atoms with Gasteiger partial charge in [-0.1, -0.05) is 32.4 Å². The Morgan fingerprint density at radius 1 is 1.41 bits per heavy atom. The molecular formula is C13H16BrN3. The van der Waals surface area contributed by atoms with E-state index in [1.807, 2.05) is 24.4 Å². The van der Waals surface area contributed by atoms with Gasteiger partial charge < -0.3 is 5.32 Å². The quantitative estimate of drug-likeness (QED) is 0.930. The minimum Gasteiger partial charge on any atom is -0.354 e. The third-order valence-corrected chi connectivity index (χ3v) is 3.51. The van der Waals surface area contributed by atoms with Gasteiger partial charge in [0.15, 0.2) is 0 Å². The first kappa shape index (κ1) is 12.3. The molecule has 0 aliphatic rings. The molecule has 1 N–H and O–H groups in total. The van der Waals surface area contributed by atoms with Crippen LogP contribution in [0.5, 0.6) is 0 Å². The molecule has 0 radical (unpaired) electrons. The van der Waals surface area contributed by atoms with E-state index < -0.39 is 0 Å². The van der Waals surface area contributed by atoms with Crippen LogP contribution in [0.3, 0.4) is 0 Å². The molecular weight excluding hydrogens is 278 g/mol. The van der Waals surface area contributed by atoms with Crippen molar-refractivity contribution in [3.8, 4) is 0 Å². The Bertz CT molecular complexity index is 513. The van der Waals surface area contributed by atoms with Crippen molar-refractivity contribution in [2.45, 2.75) is 20.3 Å². The van der Waals surface area contributed by atoms with Crippen LogP contribution in [0.15, 0.2) is 28.9 Å². The number of fused-ring (bicyclic) bond motifs is 1. The molecule has 0 amide bonds. The Hall–Kier alpha value is -1.16. The van der Waals surface area contributed by atoms with Gasteiger partial charge in [-0.25, -0.2) is 9.97 Å². The summed E-state index contributed by atoms with van der Waals surface area (Å²) >= 11 is 3.51. The summed E-state index contributed by atoms with van der Waals surface area (Å²) in [5.74, 6) is 1.33. The van der Waals surface area contributed by atoms with Gasteiger partial charge in [-0.3, -0.25) is 0 Å². The molecule has 0 aliphatic carbocycles. The SMILES string of the molecule is CCC(C)CNc1ncc2cccc(Br)c2n1. The number of benzene rings is 1. The van der Waals surface area contributed by atoms with Crippen molar-refractivity contribution in [1.29, 1.82) is 0 Å². The van der Waals surface area contributed by atoms with Crippen LogP contribution in [0.2, 0.25) is 0 Å². The lowest BCUT2D eigenvalue weighted by Crippen LogP contribution is -2.12. The Morgan fingerprint density at radius 3 is 3.00 bits per heavy atom. The monoisotopic (exact) mass is 293 g/mol. The summed E-state index contributed by atoms with van der Waals surface area (Å²) in [7, 11) is 0. The lowest BCUT2D eigenvalue weighted by atomic mass is 10.1. The van der Waals surface area contributed by atoms with Crippen molar-refractivity contribution in [3.63, 3.8) is 0 Å². The minimum absolute atomic E-state index is 0.633. The number of rotatable bonds is 4. The summed E-state index contributed by atoms with van der Waals surface area (Å²) < 4.78 is 1.00. The molecule has 3 nitrogen and oxygen atoms in total. The van der Waals surface area contributed by atoms with Crippen molar-refractivity contribution in [3.05, 3.63) is 28.9 Å². The van der Waals surface area contributed by atoms with Gasteiger partial charge in [0.05, 0.1) is 5.52 Å². The van der Waals surface area contributed by atoms with Crippen molar-refractivity contribution < 1.29 is 0 Å². The second-order valence-electron chi connectivity index (χ2n) is 4.27. The fourth-order valence-corrected chi connectivity index (χ4v) is 1.98. The molecule has 0 saturated carbocycles. The Labute approximate surface area is 110 Å². The van der Waals surface area contributed by atoms with E-state index in [0.717, 1.165) is 28.3 Å². The molecule has 0 saturated heterocycles. The molecule has 0 fully saturated rings. The van der Waals surface area contributed by atoms with Gasteiger partial charge in [0.1, 0.15) is 0 Å². The zero-order chi connectivity index (χ0) is 12.3. The molecule has 0 spiro atoms. The Balaban J connectivity index is 2.22. The van der Waals surface area contributed by atoms with Crippen molar-refractivity contribution in [2.24, 2.45) is 5.92 Å². The highest BCUT2D eigenvalue weighted by Gasteiger charge is 2.04. The van der Waals surface area contributed by atoms with Crippen LogP contribution < -0.4 is 5.32 Å². The number of hydrogen-bond acceptors (Lipinski definition) is 3. The predicted molar refractivity (Wildman–Crippen MR) is 75.2 cm³/mol. The molecule has 0 bridgehead atoms. The van der Waals surface area contributed by atoms with E-state index >= 15 is 0 Å². The largest absolute Gasteiger partial charge is 0.354 e. The summed E-state index contributed by atoms with van der Waals surface area (Å²) in [6.07, 6.45) is 3.01. The highest BCUT2D eigenvalue weighted by molar-refractivity contribution is 9.10. The number of anilines is 1. The first-order valence-electron chi connectivity index (χ1n) is 5.86. The van der Waals surface area contributed by atoms with E-state index in [1.54, 1.807) is 0 Å². The molecule has 1 unspecified atom stereocenters. The number of para-hydroxylation sites is 1. The normalized spacial score (nSPS) is 12.6. The summed E-state index contributed by atoms with van der Waals surface area (Å²) in [5, 5.41) is 4.32. The van der Waals surface area contributed by atoms with Crippen molar-refractivity contribution >= 4 is 32.8 Å². The molecule has 1 heterocycles. The number of aromatic nitrogens is 2. The second kappa shape index (κ2) is 5.45. The fraction of sp³-hybridized carbons (Fsp3) is 0.385. The van der Waals surface area contributed by atoms with Gasteiger partial charge >= 0.3 is 0 Å². The maximum atomic E-state index is 4.51. The Kier molecular flexibility index (Phi) is 3.94. The van der Waals surface area contributed by atoms with Crippen LogP contribution in [0.25, 0.3) is 10.9 Å². The standard InChI is InChI=1S/C13H16BrN3/c1-3-9(2)7-15-13-16-8-10-5-4-6-11(14)12(10)17-13/h4-6,8-9H,3,7H2,1-2H3,(H,15,16,17). The van der Waals surface area contributed by atoms with Gasteiger partial charge in [0.25, 0.3) is 0 Å². The average molecular weight is 294 g/mol. The van der Waals surface area contributed by atoms with Crippen LogP contribution in [0.1, 0.15) is 20.3 Å². The zero-order valence-corrected chi connectivity index (χ0v) is 11.7. The van der Waals surface area contributed by atoms with Gasteiger partial charge in [0.2, 0.25) is 5.95 Å². The van der Waals surface area contributed by atoms with Crippen LogP contribution in [0.4, 0.5) is 5.95 Å². The van der Waals surface area contributed by atoms with Gasteiger partial charge in [-0.05, 0) is 27.9 Å². The maximum absolute atomic E-state index is 4.51. The molecule has 2 rings (SSSR count). The van der Waals surface area contributed by atoms with Crippen LogP contribution in [-0.4, -0.2) is 16.5 Å². The van der Waals surface area contributed by atoms with Gasteiger partial charge in [0, 0.05) is 22.6 Å². The molecule has 17 heavy (non-hydrogen) atoms. The number of nitrogens with zero attached hydrogens (tertiary/aromatic N) is 2. The van der Waals surface area contributed by atoms with Crippen LogP contribution in [-0.2, 0) is 0 Å². The lowest BCUT2D eigenvalue weighted by Gasteiger charge is -2.10.